The van der Waals surface area contributed by atoms with E-state index in [0.29, 0.717) is 12.3 Å². The Hall–Kier alpha value is -3.00. The average Bonchev–Trinajstić information content (AvgIpc) is 3.13. The first-order valence-corrected chi connectivity index (χ1v) is 9.45. The van der Waals surface area contributed by atoms with E-state index in [9.17, 15) is 9.59 Å². The van der Waals surface area contributed by atoms with Crippen molar-refractivity contribution >= 4 is 23.5 Å². The van der Waals surface area contributed by atoms with E-state index in [-0.39, 0.29) is 5.71 Å². The van der Waals surface area contributed by atoms with E-state index in [2.05, 4.69) is 21.4 Å². The van der Waals surface area contributed by atoms with Gasteiger partial charge in [-0.1, -0.05) is 36.4 Å². The summed E-state index contributed by atoms with van der Waals surface area (Å²) in [5.41, 5.74) is -0.166. The number of amides is 3. The number of carbonyl (C=O) groups is 2. The van der Waals surface area contributed by atoms with Crippen LogP contribution < -0.4 is 5.32 Å². The van der Waals surface area contributed by atoms with Gasteiger partial charge in [-0.15, -0.1) is 0 Å². The molecule has 2 fully saturated rings. The van der Waals surface area contributed by atoms with Crippen LogP contribution in [0.3, 0.4) is 0 Å². The monoisotopic (exact) mass is 380 g/mol. The molecule has 0 radical (unpaired) electrons. The number of aliphatic imine (C=N–C) groups is 2. The SMILES string of the molecule is CN1C(=O)C2=NC(CC=CN3CCNCC3)=NC2(c2ccccc2)N(C)C1=O. The van der Waals surface area contributed by atoms with E-state index in [1.165, 1.54) is 11.9 Å². The fourth-order valence-corrected chi connectivity index (χ4v) is 3.81. The summed E-state index contributed by atoms with van der Waals surface area (Å²) in [6, 6.07) is 9.00. The first kappa shape index (κ1) is 18.4. The van der Waals surface area contributed by atoms with Gasteiger partial charge in [-0.2, -0.15) is 0 Å². The molecule has 28 heavy (non-hydrogen) atoms. The maximum Gasteiger partial charge on any atom is 0.328 e. The molecule has 4 rings (SSSR count). The lowest BCUT2D eigenvalue weighted by atomic mass is 9.91. The number of imide groups is 1. The fourth-order valence-electron chi connectivity index (χ4n) is 3.81. The van der Waals surface area contributed by atoms with Crippen LogP contribution >= 0.6 is 0 Å². The standard InChI is InChI=1S/C20H24N6O2/c1-24-18(27)17-20(25(2)19(24)28,15-7-4-3-5-8-15)23-16(22-17)9-6-12-26-13-10-21-11-14-26/h3-8,12,21H,9-11,13-14H2,1-2H3. The lowest BCUT2D eigenvalue weighted by molar-refractivity contribution is -0.123. The molecule has 3 aliphatic heterocycles. The van der Waals surface area contributed by atoms with Crippen LogP contribution in [0.15, 0.2) is 52.6 Å². The van der Waals surface area contributed by atoms with Gasteiger partial charge in [0, 0.05) is 52.3 Å². The van der Waals surface area contributed by atoms with E-state index < -0.39 is 17.6 Å². The van der Waals surface area contributed by atoms with Crippen LogP contribution in [-0.2, 0) is 10.5 Å². The third-order valence-electron chi connectivity index (χ3n) is 5.37. The molecule has 0 spiro atoms. The zero-order chi connectivity index (χ0) is 19.7. The number of nitrogens with zero attached hydrogens (tertiary/aromatic N) is 5. The molecule has 0 bridgehead atoms. The minimum Gasteiger partial charge on any atom is -0.375 e. The second kappa shape index (κ2) is 7.20. The van der Waals surface area contributed by atoms with Crippen LogP contribution in [0, 0.1) is 0 Å². The second-order valence-electron chi connectivity index (χ2n) is 7.11. The Morgan fingerprint density at radius 2 is 1.86 bits per heavy atom. The number of fused-ring (bicyclic) bond motifs is 1. The van der Waals surface area contributed by atoms with E-state index in [0.717, 1.165) is 36.6 Å². The maximum absolute atomic E-state index is 12.8. The smallest absolute Gasteiger partial charge is 0.328 e. The van der Waals surface area contributed by atoms with Crippen molar-refractivity contribution in [2.24, 2.45) is 9.98 Å². The zero-order valence-electron chi connectivity index (χ0n) is 16.1. The molecule has 1 unspecified atom stereocenters. The summed E-state index contributed by atoms with van der Waals surface area (Å²) in [4.78, 5) is 39.7. The molecule has 1 aromatic rings. The summed E-state index contributed by atoms with van der Waals surface area (Å²) < 4.78 is 0. The van der Waals surface area contributed by atoms with E-state index in [4.69, 9.17) is 4.99 Å². The highest BCUT2D eigenvalue weighted by atomic mass is 16.2. The van der Waals surface area contributed by atoms with Crippen molar-refractivity contribution < 1.29 is 9.59 Å². The van der Waals surface area contributed by atoms with Crippen LogP contribution in [0.4, 0.5) is 4.79 Å². The molecule has 3 heterocycles. The lowest BCUT2D eigenvalue weighted by Gasteiger charge is -2.42. The molecule has 1 N–H and O–H groups in total. The Morgan fingerprint density at radius 1 is 1.14 bits per heavy atom. The second-order valence-corrected chi connectivity index (χ2v) is 7.11. The largest absolute Gasteiger partial charge is 0.375 e. The molecular formula is C20H24N6O2. The van der Waals surface area contributed by atoms with Crippen molar-refractivity contribution in [2.45, 2.75) is 12.1 Å². The quantitative estimate of drug-likeness (QED) is 0.846. The third-order valence-corrected chi connectivity index (χ3v) is 5.37. The van der Waals surface area contributed by atoms with Gasteiger partial charge in [-0.3, -0.25) is 14.6 Å². The summed E-state index contributed by atoms with van der Waals surface area (Å²) in [5.74, 6) is 0.144. The Balaban J connectivity index is 1.68. The number of carbonyl (C=O) groups excluding carboxylic acids is 2. The van der Waals surface area contributed by atoms with Crippen molar-refractivity contribution in [3.8, 4) is 0 Å². The van der Waals surface area contributed by atoms with Gasteiger partial charge in [0.05, 0.1) is 0 Å². The Bertz CT molecular complexity index is 872. The third kappa shape index (κ3) is 2.90. The Morgan fingerprint density at radius 3 is 2.57 bits per heavy atom. The highest BCUT2D eigenvalue weighted by Gasteiger charge is 2.56. The van der Waals surface area contributed by atoms with Crippen molar-refractivity contribution in [1.29, 1.82) is 0 Å². The van der Waals surface area contributed by atoms with Gasteiger partial charge in [-0.05, 0) is 6.20 Å². The predicted octanol–water partition coefficient (Wildman–Crippen LogP) is 1.03. The highest BCUT2D eigenvalue weighted by Crippen LogP contribution is 2.39. The Labute approximate surface area is 164 Å². The van der Waals surface area contributed by atoms with E-state index >= 15 is 0 Å². The molecule has 0 saturated carbocycles. The van der Waals surface area contributed by atoms with Crippen LogP contribution in [-0.4, -0.2) is 78.5 Å². The number of hydrogen-bond donors (Lipinski definition) is 1. The first-order chi connectivity index (χ1) is 13.5. The highest BCUT2D eigenvalue weighted by molar-refractivity contribution is 6.48. The molecule has 0 aromatic heterocycles. The fraction of sp³-hybridized carbons (Fsp3) is 0.400. The van der Waals surface area contributed by atoms with Crippen molar-refractivity contribution in [1.82, 2.24) is 20.0 Å². The molecule has 1 atom stereocenters. The molecule has 3 amide bonds. The summed E-state index contributed by atoms with van der Waals surface area (Å²) in [6.45, 7) is 3.87. The van der Waals surface area contributed by atoms with E-state index in [1.54, 1.807) is 7.05 Å². The summed E-state index contributed by atoms with van der Waals surface area (Å²) in [6.07, 6.45) is 4.57. The number of benzene rings is 1. The maximum atomic E-state index is 12.8. The van der Waals surface area contributed by atoms with Gasteiger partial charge >= 0.3 is 6.03 Å². The molecular weight excluding hydrogens is 356 g/mol. The summed E-state index contributed by atoms with van der Waals surface area (Å²) in [5, 5.41) is 3.32. The van der Waals surface area contributed by atoms with Gasteiger partial charge in [-0.25, -0.2) is 14.8 Å². The van der Waals surface area contributed by atoms with Crippen molar-refractivity contribution in [3.63, 3.8) is 0 Å². The number of nitrogens with one attached hydrogen (secondary N) is 1. The number of hydrogen-bond acceptors (Lipinski definition) is 6. The van der Waals surface area contributed by atoms with Gasteiger partial charge in [0.15, 0.2) is 5.71 Å². The number of amidine groups is 1. The van der Waals surface area contributed by atoms with Gasteiger partial charge in [0.25, 0.3) is 5.91 Å². The lowest BCUT2D eigenvalue weighted by Crippen LogP contribution is -2.64. The molecule has 3 aliphatic rings. The van der Waals surface area contributed by atoms with Gasteiger partial charge in [0.1, 0.15) is 5.84 Å². The van der Waals surface area contributed by atoms with Crippen LogP contribution in [0.25, 0.3) is 0 Å². The molecule has 8 heteroatoms. The molecule has 146 valence electrons. The van der Waals surface area contributed by atoms with Crippen LogP contribution in [0.1, 0.15) is 12.0 Å². The van der Waals surface area contributed by atoms with Crippen molar-refractivity contribution in [2.75, 3.05) is 40.3 Å². The number of piperazine rings is 1. The van der Waals surface area contributed by atoms with E-state index in [1.807, 2.05) is 36.4 Å². The minimum atomic E-state index is -1.19. The molecule has 0 aliphatic carbocycles. The summed E-state index contributed by atoms with van der Waals surface area (Å²) >= 11 is 0. The Kier molecular flexibility index (Phi) is 4.72. The molecule has 8 nitrogen and oxygen atoms in total. The first-order valence-electron chi connectivity index (χ1n) is 9.45. The topological polar surface area (TPSA) is 80.6 Å². The molecule has 2 saturated heterocycles. The van der Waals surface area contributed by atoms with Gasteiger partial charge < -0.3 is 10.2 Å². The van der Waals surface area contributed by atoms with Crippen LogP contribution in [0.5, 0.6) is 0 Å². The van der Waals surface area contributed by atoms with Crippen LogP contribution in [0.2, 0.25) is 0 Å². The van der Waals surface area contributed by atoms with Crippen molar-refractivity contribution in [3.05, 3.63) is 48.2 Å². The predicted molar refractivity (Wildman–Crippen MR) is 107 cm³/mol. The minimum absolute atomic E-state index is 0.272. The average molecular weight is 380 g/mol. The van der Waals surface area contributed by atoms with Gasteiger partial charge in [0.2, 0.25) is 5.66 Å². The summed E-state index contributed by atoms with van der Waals surface area (Å²) in [7, 11) is 3.14. The normalized spacial score (nSPS) is 25.3. The number of rotatable bonds is 4. The number of urea groups is 1. The molecule has 1 aromatic carbocycles. The zero-order valence-corrected chi connectivity index (χ0v) is 16.1.